The van der Waals surface area contributed by atoms with Crippen LogP contribution in [0.4, 0.5) is 0 Å². The number of hydrogen-bond donors (Lipinski definition) is 0. The summed E-state index contributed by atoms with van der Waals surface area (Å²) in [7, 11) is 0. The zero-order valence-electron chi connectivity index (χ0n) is 8.68. The van der Waals surface area contributed by atoms with Crippen LogP contribution >= 0.6 is 11.6 Å². The van der Waals surface area contributed by atoms with Gasteiger partial charge in [-0.15, -0.1) is 0 Å². The van der Waals surface area contributed by atoms with Crippen molar-refractivity contribution in [3.8, 4) is 5.75 Å². The molecule has 0 unspecified atom stereocenters. The molecule has 6 heteroatoms. The van der Waals surface area contributed by atoms with Crippen molar-refractivity contribution < 1.29 is 9.26 Å². The molecule has 2 aromatic heterocycles. The monoisotopic (exact) mass is 239 g/mol. The summed E-state index contributed by atoms with van der Waals surface area (Å²) in [6.07, 6.45) is 2.28. The smallest absolute Gasteiger partial charge is 0.264 e. The van der Waals surface area contributed by atoms with Gasteiger partial charge < -0.3 is 9.26 Å². The first-order chi connectivity index (χ1) is 7.78. The second-order valence-electron chi connectivity index (χ2n) is 3.06. The van der Waals surface area contributed by atoms with E-state index in [1.165, 1.54) is 0 Å². The minimum atomic E-state index is 0.232. The third kappa shape index (κ3) is 2.70. The van der Waals surface area contributed by atoms with Crippen molar-refractivity contribution in [3.63, 3.8) is 0 Å². The zero-order valence-corrected chi connectivity index (χ0v) is 9.44. The fourth-order valence-corrected chi connectivity index (χ4v) is 1.20. The first-order valence-corrected chi connectivity index (χ1v) is 5.21. The molecule has 2 aromatic rings. The van der Waals surface area contributed by atoms with Crippen LogP contribution < -0.4 is 4.74 Å². The van der Waals surface area contributed by atoms with Crippen LogP contribution in [-0.2, 0) is 13.0 Å². The Balaban J connectivity index is 1.94. The van der Waals surface area contributed by atoms with Crippen LogP contribution in [0, 0.1) is 0 Å². The highest BCUT2D eigenvalue weighted by Crippen LogP contribution is 2.13. The highest BCUT2D eigenvalue weighted by molar-refractivity contribution is 6.29. The van der Waals surface area contributed by atoms with E-state index in [0.717, 1.165) is 6.42 Å². The molecule has 0 fully saturated rings. The largest absolute Gasteiger partial charge is 0.482 e. The molecule has 2 heterocycles. The molecule has 0 aliphatic heterocycles. The van der Waals surface area contributed by atoms with Gasteiger partial charge in [0.1, 0.15) is 10.9 Å². The molecular formula is C10H10ClN3O2. The summed E-state index contributed by atoms with van der Waals surface area (Å²) in [5, 5.41) is 4.19. The average molecular weight is 240 g/mol. The quantitative estimate of drug-likeness (QED) is 0.766. The lowest BCUT2D eigenvalue weighted by atomic mass is 10.4. The Bertz CT molecular complexity index is 455. The molecule has 0 N–H and O–H groups in total. The molecule has 16 heavy (non-hydrogen) atoms. The summed E-state index contributed by atoms with van der Waals surface area (Å²) in [5.74, 6) is 1.74. The maximum atomic E-state index is 5.64. The average Bonchev–Trinajstić information content (AvgIpc) is 2.76. The van der Waals surface area contributed by atoms with Crippen molar-refractivity contribution >= 4 is 11.6 Å². The normalized spacial score (nSPS) is 10.4. The van der Waals surface area contributed by atoms with Crippen molar-refractivity contribution in [3.05, 3.63) is 35.2 Å². The molecule has 0 atom stereocenters. The molecule has 5 nitrogen and oxygen atoms in total. The van der Waals surface area contributed by atoms with Crippen molar-refractivity contribution in [2.45, 2.75) is 20.0 Å². The third-order valence-electron chi connectivity index (χ3n) is 1.89. The van der Waals surface area contributed by atoms with E-state index in [1.54, 1.807) is 18.3 Å². The van der Waals surface area contributed by atoms with Crippen LogP contribution in [0.1, 0.15) is 18.6 Å². The van der Waals surface area contributed by atoms with E-state index in [4.69, 9.17) is 20.9 Å². The summed E-state index contributed by atoms with van der Waals surface area (Å²) in [6, 6.07) is 3.38. The Kier molecular flexibility index (Phi) is 3.36. The molecule has 0 saturated carbocycles. The number of halogens is 1. The van der Waals surface area contributed by atoms with E-state index in [9.17, 15) is 0 Å². The van der Waals surface area contributed by atoms with Gasteiger partial charge in [0, 0.05) is 6.42 Å². The molecule has 84 valence electrons. The third-order valence-corrected chi connectivity index (χ3v) is 2.11. The predicted molar refractivity (Wildman–Crippen MR) is 57.3 cm³/mol. The van der Waals surface area contributed by atoms with Gasteiger partial charge in [0.2, 0.25) is 0 Å². The van der Waals surface area contributed by atoms with Crippen LogP contribution in [0.25, 0.3) is 0 Å². The summed E-state index contributed by atoms with van der Waals surface area (Å²) in [6.45, 7) is 2.19. The minimum absolute atomic E-state index is 0.232. The maximum absolute atomic E-state index is 5.64. The van der Waals surface area contributed by atoms with Crippen molar-refractivity contribution in [2.75, 3.05) is 0 Å². The number of aromatic nitrogens is 3. The van der Waals surface area contributed by atoms with Crippen LogP contribution in [0.2, 0.25) is 5.15 Å². The number of aryl methyl sites for hydroxylation is 1. The van der Waals surface area contributed by atoms with Crippen LogP contribution in [0.15, 0.2) is 22.9 Å². The molecule has 0 radical (unpaired) electrons. The zero-order chi connectivity index (χ0) is 11.4. The Labute approximate surface area is 97.4 Å². The molecule has 0 spiro atoms. The Hall–Kier alpha value is -1.62. The molecule has 0 amide bonds. The fourth-order valence-electron chi connectivity index (χ4n) is 1.09. The lowest BCUT2D eigenvalue weighted by Gasteiger charge is -2.01. The van der Waals surface area contributed by atoms with E-state index in [1.807, 2.05) is 6.92 Å². The maximum Gasteiger partial charge on any atom is 0.264 e. The summed E-state index contributed by atoms with van der Waals surface area (Å²) in [5.41, 5.74) is 0. The van der Waals surface area contributed by atoms with Gasteiger partial charge in [0.25, 0.3) is 5.89 Å². The van der Waals surface area contributed by atoms with Crippen molar-refractivity contribution in [2.24, 2.45) is 0 Å². The molecular weight excluding hydrogens is 230 g/mol. The van der Waals surface area contributed by atoms with E-state index in [2.05, 4.69) is 15.1 Å². The lowest BCUT2D eigenvalue weighted by molar-refractivity contribution is 0.242. The van der Waals surface area contributed by atoms with Crippen molar-refractivity contribution in [1.82, 2.24) is 15.1 Å². The first-order valence-electron chi connectivity index (χ1n) is 4.83. The SMILES string of the molecule is CCc1noc(COc2ccc(Cl)nc2)n1. The van der Waals surface area contributed by atoms with E-state index in [-0.39, 0.29) is 6.61 Å². The van der Waals surface area contributed by atoms with E-state index in [0.29, 0.717) is 22.6 Å². The summed E-state index contributed by atoms with van der Waals surface area (Å²) < 4.78 is 10.4. The van der Waals surface area contributed by atoms with Crippen LogP contribution in [0.5, 0.6) is 5.75 Å². The van der Waals surface area contributed by atoms with Crippen LogP contribution in [0.3, 0.4) is 0 Å². The second-order valence-corrected chi connectivity index (χ2v) is 3.45. The predicted octanol–water partition coefficient (Wildman–Crippen LogP) is 2.26. The van der Waals surface area contributed by atoms with Gasteiger partial charge in [-0.3, -0.25) is 0 Å². The van der Waals surface area contributed by atoms with Crippen LogP contribution in [-0.4, -0.2) is 15.1 Å². The fraction of sp³-hybridized carbons (Fsp3) is 0.300. The van der Waals surface area contributed by atoms with Gasteiger partial charge in [-0.2, -0.15) is 4.98 Å². The van der Waals surface area contributed by atoms with Gasteiger partial charge in [0.05, 0.1) is 6.20 Å². The molecule has 0 bridgehead atoms. The second kappa shape index (κ2) is 4.94. The highest BCUT2D eigenvalue weighted by Gasteiger charge is 2.05. The van der Waals surface area contributed by atoms with Gasteiger partial charge >= 0.3 is 0 Å². The Morgan fingerprint density at radius 1 is 1.44 bits per heavy atom. The number of ether oxygens (including phenoxy) is 1. The number of hydrogen-bond acceptors (Lipinski definition) is 5. The highest BCUT2D eigenvalue weighted by atomic mass is 35.5. The molecule has 0 aliphatic carbocycles. The summed E-state index contributed by atoms with van der Waals surface area (Å²) in [4.78, 5) is 8.00. The van der Waals surface area contributed by atoms with E-state index >= 15 is 0 Å². The number of nitrogens with zero attached hydrogens (tertiary/aromatic N) is 3. The molecule has 0 aromatic carbocycles. The Morgan fingerprint density at radius 2 is 2.31 bits per heavy atom. The molecule has 0 saturated heterocycles. The minimum Gasteiger partial charge on any atom is -0.482 e. The van der Waals surface area contributed by atoms with Gasteiger partial charge in [-0.05, 0) is 12.1 Å². The number of rotatable bonds is 4. The topological polar surface area (TPSA) is 61.0 Å². The first kappa shape index (κ1) is 10.9. The lowest BCUT2D eigenvalue weighted by Crippen LogP contribution is -1.96. The van der Waals surface area contributed by atoms with Gasteiger partial charge in [-0.25, -0.2) is 4.98 Å². The van der Waals surface area contributed by atoms with Gasteiger partial charge in [0.15, 0.2) is 12.4 Å². The molecule has 2 rings (SSSR count). The Morgan fingerprint density at radius 3 is 2.94 bits per heavy atom. The standard InChI is InChI=1S/C10H10ClN3O2/c1-2-9-13-10(16-14-9)6-15-7-3-4-8(11)12-5-7/h3-5H,2,6H2,1H3. The molecule has 0 aliphatic rings. The number of pyridine rings is 1. The van der Waals surface area contributed by atoms with Crippen molar-refractivity contribution in [1.29, 1.82) is 0 Å². The van der Waals surface area contributed by atoms with E-state index < -0.39 is 0 Å². The van der Waals surface area contributed by atoms with Gasteiger partial charge in [-0.1, -0.05) is 23.7 Å². The summed E-state index contributed by atoms with van der Waals surface area (Å²) >= 11 is 5.64.